The molecule has 1 aromatic rings. The molecule has 2 heterocycles. The van der Waals surface area contributed by atoms with Gasteiger partial charge in [0.15, 0.2) is 0 Å². The fourth-order valence-electron chi connectivity index (χ4n) is 3.71. The van der Waals surface area contributed by atoms with Crippen LogP contribution < -0.4 is 5.32 Å². The Kier molecular flexibility index (Phi) is 5.33. The second-order valence-corrected chi connectivity index (χ2v) is 8.97. The number of aryl methyl sites for hydroxylation is 1. The van der Waals surface area contributed by atoms with Gasteiger partial charge in [-0.1, -0.05) is 6.42 Å². The Hall–Kier alpha value is -1.61. The lowest BCUT2D eigenvalue weighted by Crippen LogP contribution is -2.50. The maximum absolute atomic E-state index is 12.5. The van der Waals surface area contributed by atoms with Crippen LogP contribution in [0.4, 0.5) is 10.5 Å². The molecule has 2 fully saturated rings. The van der Waals surface area contributed by atoms with Crippen LogP contribution in [-0.2, 0) is 17.1 Å². The summed E-state index contributed by atoms with van der Waals surface area (Å²) in [5, 5.41) is 6.89. The smallest absolute Gasteiger partial charge is 0.321 e. The van der Waals surface area contributed by atoms with Crippen LogP contribution in [0, 0.1) is 0 Å². The molecule has 1 aromatic heterocycles. The summed E-state index contributed by atoms with van der Waals surface area (Å²) in [6, 6.07) is -0.00420. The van der Waals surface area contributed by atoms with E-state index in [9.17, 15) is 13.2 Å². The molecule has 3 rings (SSSR count). The van der Waals surface area contributed by atoms with E-state index in [0.717, 1.165) is 32.1 Å². The minimum Gasteiger partial charge on any atom is -0.324 e. The van der Waals surface area contributed by atoms with Crippen molar-refractivity contribution >= 4 is 21.7 Å². The van der Waals surface area contributed by atoms with E-state index < -0.39 is 10.0 Å². The number of amides is 2. The van der Waals surface area contributed by atoms with Crippen LogP contribution in [0.25, 0.3) is 0 Å². The molecule has 1 saturated heterocycles. The van der Waals surface area contributed by atoms with Crippen molar-refractivity contribution in [2.45, 2.75) is 50.6 Å². The summed E-state index contributed by atoms with van der Waals surface area (Å²) in [7, 11) is -1.42. The number of sulfonamides is 1. The van der Waals surface area contributed by atoms with Crippen molar-refractivity contribution < 1.29 is 13.2 Å². The van der Waals surface area contributed by atoms with E-state index >= 15 is 0 Å². The summed E-state index contributed by atoms with van der Waals surface area (Å²) in [5.74, 6) is 0. The molecule has 1 aliphatic heterocycles. The number of carbonyl (C=O) groups is 1. The van der Waals surface area contributed by atoms with Crippen molar-refractivity contribution in [1.29, 1.82) is 0 Å². The number of rotatable bonds is 4. The molecule has 2 aliphatic rings. The lowest BCUT2D eigenvalue weighted by atomic mass is 9.91. The molecule has 1 aliphatic carbocycles. The maximum Gasteiger partial charge on any atom is 0.321 e. The van der Waals surface area contributed by atoms with Crippen molar-refractivity contribution in [2.24, 2.45) is 7.05 Å². The van der Waals surface area contributed by atoms with E-state index in [2.05, 4.69) is 10.4 Å². The van der Waals surface area contributed by atoms with E-state index in [4.69, 9.17) is 0 Å². The number of carbonyl (C=O) groups excluding carboxylic acids is 1. The predicted molar refractivity (Wildman–Crippen MR) is 95.8 cm³/mol. The summed E-state index contributed by atoms with van der Waals surface area (Å²) in [6.45, 7) is 1.21. The van der Waals surface area contributed by atoms with Gasteiger partial charge in [0, 0.05) is 38.4 Å². The molecular weight excluding hydrogens is 342 g/mol. The van der Waals surface area contributed by atoms with Crippen LogP contribution >= 0.6 is 0 Å². The largest absolute Gasteiger partial charge is 0.324 e. The molecule has 25 heavy (non-hydrogen) atoms. The van der Waals surface area contributed by atoms with Gasteiger partial charge in [0.1, 0.15) is 0 Å². The molecule has 0 radical (unpaired) electrons. The molecular formula is C16H27N5O3S. The van der Waals surface area contributed by atoms with Gasteiger partial charge in [-0.05, 0) is 32.1 Å². The number of aromatic nitrogens is 2. The van der Waals surface area contributed by atoms with Crippen LogP contribution in [-0.4, -0.2) is 64.9 Å². The summed E-state index contributed by atoms with van der Waals surface area (Å²) >= 11 is 0. The van der Waals surface area contributed by atoms with Gasteiger partial charge in [0.05, 0.1) is 18.1 Å². The predicted octanol–water partition coefficient (Wildman–Crippen LogP) is 1.62. The molecule has 0 unspecified atom stereocenters. The van der Waals surface area contributed by atoms with Gasteiger partial charge in [-0.3, -0.25) is 4.68 Å². The normalized spacial score (nSPS) is 22.5. The van der Waals surface area contributed by atoms with Crippen LogP contribution in [0.15, 0.2) is 12.4 Å². The van der Waals surface area contributed by atoms with Gasteiger partial charge in [0.25, 0.3) is 0 Å². The third-order valence-electron chi connectivity index (χ3n) is 5.12. The SMILES string of the molecule is Cn1cc(NC(=O)N2CCC[C@@H](N(C3CCC3)S(C)(=O)=O)CC2)cn1. The van der Waals surface area contributed by atoms with E-state index in [1.165, 1.54) is 6.26 Å². The van der Waals surface area contributed by atoms with E-state index in [-0.39, 0.29) is 18.1 Å². The van der Waals surface area contributed by atoms with E-state index in [1.54, 1.807) is 33.3 Å². The Morgan fingerprint density at radius 3 is 2.44 bits per heavy atom. The number of likely N-dealkylation sites (tertiary alicyclic amines) is 1. The molecule has 2 amide bonds. The van der Waals surface area contributed by atoms with Gasteiger partial charge < -0.3 is 10.2 Å². The number of nitrogens with one attached hydrogen (secondary N) is 1. The highest BCUT2D eigenvalue weighted by Gasteiger charge is 2.37. The first-order valence-corrected chi connectivity index (χ1v) is 10.7. The summed E-state index contributed by atoms with van der Waals surface area (Å²) in [4.78, 5) is 14.2. The molecule has 140 valence electrons. The molecule has 0 aromatic carbocycles. The number of anilines is 1. The third-order valence-corrected chi connectivity index (χ3v) is 6.48. The minimum absolute atomic E-state index is 0.00325. The van der Waals surface area contributed by atoms with E-state index in [1.807, 2.05) is 0 Å². The molecule has 0 bridgehead atoms. The average molecular weight is 369 g/mol. The average Bonchev–Trinajstić information content (AvgIpc) is 2.74. The van der Waals surface area contributed by atoms with Crippen molar-refractivity contribution in [3.63, 3.8) is 0 Å². The maximum atomic E-state index is 12.5. The van der Waals surface area contributed by atoms with Crippen LogP contribution in [0.2, 0.25) is 0 Å². The van der Waals surface area contributed by atoms with Crippen molar-refractivity contribution in [3.8, 4) is 0 Å². The highest BCUT2D eigenvalue weighted by Crippen LogP contribution is 2.32. The zero-order valence-corrected chi connectivity index (χ0v) is 15.7. The summed E-state index contributed by atoms with van der Waals surface area (Å²) in [6.07, 6.45) is 9.98. The Balaban J connectivity index is 1.62. The van der Waals surface area contributed by atoms with E-state index in [0.29, 0.717) is 25.2 Å². The van der Waals surface area contributed by atoms with Gasteiger partial charge in [-0.25, -0.2) is 13.2 Å². The fourth-order valence-corrected chi connectivity index (χ4v) is 5.21. The first kappa shape index (κ1) is 18.2. The van der Waals surface area contributed by atoms with Gasteiger partial charge >= 0.3 is 6.03 Å². The highest BCUT2D eigenvalue weighted by atomic mass is 32.2. The van der Waals surface area contributed by atoms with Crippen LogP contribution in [0.1, 0.15) is 38.5 Å². The molecule has 1 atom stereocenters. The first-order valence-electron chi connectivity index (χ1n) is 8.87. The van der Waals surface area contributed by atoms with Gasteiger partial charge in [-0.15, -0.1) is 0 Å². The van der Waals surface area contributed by atoms with Gasteiger partial charge in [-0.2, -0.15) is 9.40 Å². The monoisotopic (exact) mass is 369 g/mol. The molecule has 8 nitrogen and oxygen atoms in total. The third kappa shape index (κ3) is 4.33. The second-order valence-electron chi connectivity index (χ2n) is 7.08. The fraction of sp³-hybridized carbons (Fsp3) is 0.750. The Morgan fingerprint density at radius 2 is 1.88 bits per heavy atom. The van der Waals surface area contributed by atoms with Crippen molar-refractivity contribution in [1.82, 2.24) is 19.0 Å². The zero-order valence-electron chi connectivity index (χ0n) is 14.9. The Labute approximate surface area is 149 Å². The molecule has 1 N–H and O–H groups in total. The van der Waals surface area contributed by atoms with Gasteiger partial charge in [0.2, 0.25) is 10.0 Å². The standard InChI is InChI=1S/C16H27N5O3S/c1-19-12-13(11-17-19)18-16(22)20-9-4-7-15(8-10-20)21(25(2,23)24)14-5-3-6-14/h11-12,14-15H,3-10H2,1-2H3,(H,18,22)/t15-/m1/s1. The molecule has 9 heteroatoms. The molecule has 0 spiro atoms. The van der Waals surface area contributed by atoms with Crippen molar-refractivity contribution in [3.05, 3.63) is 12.4 Å². The van der Waals surface area contributed by atoms with Crippen molar-refractivity contribution in [2.75, 3.05) is 24.7 Å². The Bertz CT molecular complexity index is 713. The quantitative estimate of drug-likeness (QED) is 0.874. The number of hydrogen-bond acceptors (Lipinski definition) is 4. The molecule has 1 saturated carbocycles. The first-order chi connectivity index (χ1) is 11.8. The number of urea groups is 1. The second kappa shape index (κ2) is 7.33. The summed E-state index contributed by atoms with van der Waals surface area (Å²) < 4.78 is 27.9. The number of nitrogens with zero attached hydrogens (tertiary/aromatic N) is 4. The number of hydrogen-bond donors (Lipinski definition) is 1. The topological polar surface area (TPSA) is 87.5 Å². The summed E-state index contributed by atoms with van der Waals surface area (Å²) in [5.41, 5.74) is 0.667. The zero-order chi connectivity index (χ0) is 18.0. The lowest BCUT2D eigenvalue weighted by molar-refractivity contribution is 0.162. The minimum atomic E-state index is -3.22. The highest BCUT2D eigenvalue weighted by molar-refractivity contribution is 7.88. The van der Waals surface area contributed by atoms with Crippen LogP contribution in [0.3, 0.4) is 0 Å². The lowest BCUT2D eigenvalue weighted by Gasteiger charge is -2.40. The van der Waals surface area contributed by atoms with Crippen LogP contribution in [0.5, 0.6) is 0 Å². The Morgan fingerprint density at radius 1 is 1.20 bits per heavy atom.